The van der Waals surface area contributed by atoms with Crippen molar-refractivity contribution >= 4 is 5.97 Å². The third-order valence-corrected chi connectivity index (χ3v) is 4.87. The molecule has 1 aliphatic rings. The molecule has 4 heteroatoms. The number of hydrogen-bond donors (Lipinski definition) is 1. The lowest BCUT2D eigenvalue weighted by Gasteiger charge is -2.38. The van der Waals surface area contributed by atoms with E-state index in [2.05, 4.69) is 24.2 Å². The van der Waals surface area contributed by atoms with Gasteiger partial charge in [-0.1, -0.05) is 19.8 Å². The van der Waals surface area contributed by atoms with Crippen molar-refractivity contribution in [2.75, 3.05) is 27.2 Å². The molecule has 3 unspecified atom stereocenters. The molecule has 0 aromatic rings. The number of ether oxygens (including phenoxy) is 1. The molecule has 118 valence electrons. The second kappa shape index (κ2) is 7.99. The number of carbonyl (C=O) groups excluding carboxylic acids is 1. The molecule has 1 fully saturated rings. The van der Waals surface area contributed by atoms with Gasteiger partial charge in [-0.05, 0) is 53.1 Å². The van der Waals surface area contributed by atoms with Gasteiger partial charge in [0.1, 0.15) is 5.54 Å². The molecular weight excluding hydrogens is 252 g/mol. The lowest BCUT2D eigenvalue weighted by atomic mass is 9.84. The number of esters is 1. The lowest BCUT2D eigenvalue weighted by molar-refractivity contribution is -0.150. The highest BCUT2D eigenvalue weighted by molar-refractivity contribution is 5.80. The summed E-state index contributed by atoms with van der Waals surface area (Å²) in [6, 6.07) is 0.659. The number of rotatable bonds is 7. The zero-order chi connectivity index (χ0) is 15.2. The molecule has 1 N–H and O–H groups in total. The summed E-state index contributed by atoms with van der Waals surface area (Å²) in [6.45, 7) is 7.49. The predicted molar refractivity (Wildman–Crippen MR) is 82.8 cm³/mol. The minimum atomic E-state index is -0.581. The van der Waals surface area contributed by atoms with Gasteiger partial charge < -0.3 is 15.0 Å². The minimum absolute atomic E-state index is 0.146. The highest BCUT2D eigenvalue weighted by atomic mass is 16.5. The average Bonchev–Trinajstić information content (AvgIpc) is 2.45. The predicted octanol–water partition coefficient (Wildman–Crippen LogP) is 2.43. The smallest absolute Gasteiger partial charge is 0.326 e. The zero-order valence-electron chi connectivity index (χ0n) is 13.9. The largest absolute Gasteiger partial charge is 0.465 e. The summed E-state index contributed by atoms with van der Waals surface area (Å²) < 4.78 is 5.18. The first-order valence-corrected chi connectivity index (χ1v) is 8.01. The van der Waals surface area contributed by atoms with Crippen molar-refractivity contribution in [1.29, 1.82) is 0 Å². The maximum atomic E-state index is 12.0. The molecule has 3 atom stereocenters. The van der Waals surface area contributed by atoms with Gasteiger partial charge in [0, 0.05) is 12.6 Å². The summed E-state index contributed by atoms with van der Waals surface area (Å²) in [6.07, 6.45) is 6.09. The van der Waals surface area contributed by atoms with Crippen LogP contribution in [0.3, 0.4) is 0 Å². The summed E-state index contributed by atoms with van der Waals surface area (Å²) >= 11 is 0. The summed E-state index contributed by atoms with van der Waals surface area (Å²) in [5.41, 5.74) is -0.581. The Bertz CT molecular complexity index is 309. The van der Waals surface area contributed by atoms with Crippen molar-refractivity contribution in [1.82, 2.24) is 10.2 Å². The molecule has 1 aliphatic carbocycles. The summed E-state index contributed by atoms with van der Waals surface area (Å²) in [7, 11) is 4.02. The first-order valence-electron chi connectivity index (χ1n) is 8.01. The number of nitrogens with one attached hydrogen (secondary N) is 1. The van der Waals surface area contributed by atoms with Crippen LogP contribution in [0.1, 0.15) is 52.9 Å². The second-order valence-corrected chi connectivity index (χ2v) is 6.36. The van der Waals surface area contributed by atoms with Crippen LogP contribution in [0.5, 0.6) is 0 Å². The average molecular weight is 284 g/mol. The molecule has 1 rings (SSSR count). The van der Waals surface area contributed by atoms with E-state index in [1.54, 1.807) is 0 Å². The molecule has 0 amide bonds. The van der Waals surface area contributed by atoms with Gasteiger partial charge in [-0.3, -0.25) is 4.79 Å². The topological polar surface area (TPSA) is 41.6 Å². The molecule has 0 aliphatic heterocycles. The Balaban J connectivity index is 2.52. The van der Waals surface area contributed by atoms with Crippen molar-refractivity contribution < 1.29 is 9.53 Å². The fourth-order valence-corrected chi connectivity index (χ4v) is 3.14. The van der Waals surface area contributed by atoms with Crippen molar-refractivity contribution in [2.24, 2.45) is 5.92 Å². The standard InChI is InChI=1S/C16H32N2O2/c1-6-20-15(19)16(3,17-4)11-12-18(5)14-10-8-7-9-13(14)2/h13-14,17H,6-12H2,1-5H3. The van der Waals surface area contributed by atoms with Crippen LogP contribution < -0.4 is 5.32 Å². The minimum Gasteiger partial charge on any atom is -0.465 e. The second-order valence-electron chi connectivity index (χ2n) is 6.36. The molecule has 0 aromatic heterocycles. The van der Waals surface area contributed by atoms with E-state index in [1.165, 1.54) is 25.7 Å². The van der Waals surface area contributed by atoms with Crippen molar-refractivity contribution in [2.45, 2.75) is 64.5 Å². The Hall–Kier alpha value is -0.610. The van der Waals surface area contributed by atoms with Crippen LogP contribution in [0.25, 0.3) is 0 Å². The molecule has 4 nitrogen and oxygen atoms in total. The van der Waals surface area contributed by atoms with E-state index in [0.717, 1.165) is 18.9 Å². The van der Waals surface area contributed by atoms with E-state index >= 15 is 0 Å². The highest BCUT2D eigenvalue weighted by Crippen LogP contribution is 2.28. The SMILES string of the molecule is CCOC(=O)C(C)(CCN(C)C1CCCCC1C)NC. The van der Waals surface area contributed by atoms with E-state index in [1.807, 2.05) is 20.9 Å². The monoisotopic (exact) mass is 284 g/mol. The Morgan fingerprint density at radius 1 is 1.40 bits per heavy atom. The number of carbonyl (C=O) groups is 1. The van der Waals surface area contributed by atoms with Gasteiger partial charge in [0.05, 0.1) is 6.61 Å². The summed E-state index contributed by atoms with van der Waals surface area (Å²) in [5, 5.41) is 3.13. The number of nitrogens with zero attached hydrogens (tertiary/aromatic N) is 1. The van der Waals surface area contributed by atoms with Crippen molar-refractivity contribution in [3.05, 3.63) is 0 Å². The lowest BCUT2D eigenvalue weighted by Crippen LogP contribution is -2.51. The van der Waals surface area contributed by atoms with E-state index < -0.39 is 5.54 Å². The fourth-order valence-electron chi connectivity index (χ4n) is 3.14. The van der Waals surface area contributed by atoms with Crippen molar-refractivity contribution in [3.63, 3.8) is 0 Å². The maximum absolute atomic E-state index is 12.0. The Morgan fingerprint density at radius 2 is 2.05 bits per heavy atom. The molecule has 0 radical (unpaired) electrons. The van der Waals surface area contributed by atoms with Gasteiger partial charge >= 0.3 is 5.97 Å². The number of hydrogen-bond acceptors (Lipinski definition) is 4. The third-order valence-electron chi connectivity index (χ3n) is 4.87. The van der Waals surface area contributed by atoms with Gasteiger partial charge in [-0.15, -0.1) is 0 Å². The normalized spacial score (nSPS) is 26.3. The first-order chi connectivity index (χ1) is 9.44. The third kappa shape index (κ3) is 4.45. The van der Waals surface area contributed by atoms with Crippen LogP contribution in [0.2, 0.25) is 0 Å². The van der Waals surface area contributed by atoms with E-state index in [-0.39, 0.29) is 5.97 Å². The summed E-state index contributed by atoms with van der Waals surface area (Å²) in [5.74, 6) is 0.616. The van der Waals surface area contributed by atoms with Crippen LogP contribution in [-0.4, -0.2) is 49.7 Å². The fraction of sp³-hybridized carbons (Fsp3) is 0.938. The van der Waals surface area contributed by atoms with Gasteiger partial charge in [-0.2, -0.15) is 0 Å². The quantitative estimate of drug-likeness (QED) is 0.729. The molecule has 0 aromatic carbocycles. The van der Waals surface area contributed by atoms with Crippen LogP contribution in [0.4, 0.5) is 0 Å². The summed E-state index contributed by atoms with van der Waals surface area (Å²) in [4.78, 5) is 14.5. The van der Waals surface area contributed by atoms with E-state index in [4.69, 9.17) is 4.74 Å². The van der Waals surface area contributed by atoms with E-state index in [0.29, 0.717) is 12.6 Å². The molecule has 1 saturated carbocycles. The van der Waals surface area contributed by atoms with Crippen LogP contribution in [0.15, 0.2) is 0 Å². The van der Waals surface area contributed by atoms with Gasteiger partial charge in [0.2, 0.25) is 0 Å². The zero-order valence-corrected chi connectivity index (χ0v) is 13.9. The molecule has 0 heterocycles. The molecule has 0 spiro atoms. The molecule has 0 saturated heterocycles. The Kier molecular flexibility index (Phi) is 6.96. The maximum Gasteiger partial charge on any atom is 0.326 e. The van der Waals surface area contributed by atoms with Crippen LogP contribution in [0, 0.1) is 5.92 Å². The van der Waals surface area contributed by atoms with Gasteiger partial charge in [0.15, 0.2) is 0 Å². The van der Waals surface area contributed by atoms with E-state index in [9.17, 15) is 4.79 Å². The Labute approximate surface area is 124 Å². The van der Waals surface area contributed by atoms with Gasteiger partial charge in [0.25, 0.3) is 0 Å². The number of likely N-dealkylation sites (N-methyl/N-ethyl adjacent to an activating group) is 1. The first kappa shape index (κ1) is 17.4. The van der Waals surface area contributed by atoms with Crippen LogP contribution in [-0.2, 0) is 9.53 Å². The van der Waals surface area contributed by atoms with Crippen molar-refractivity contribution in [3.8, 4) is 0 Å². The van der Waals surface area contributed by atoms with Gasteiger partial charge in [-0.25, -0.2) is 0 Å². The molecule has 0 bridgehead atoms. The Morgan fingerprint density at radius 3 is 2.60 bits per heavy atom. The highest BCUT2D eigenvalue weighted by Gasteiger charge is 2.34. The van der Waals surface area contributed by atoms with Crippen LogP contribution >= 0.6 is 0 Å². The molecule has 20 heavy (non-hydrogen) atoms. The molecular formula is C16H32N2O2.